The summed E-state index contributed by atoms with van der Waals surface area (Å²) < 4.78 is 32.8. The number of piperazine rings is 1. The van der Waals surface area contributed by atoms with Crippen molar-refractivity contribution in [2.75, 3.05) is 46.4 Å². The smallest absolute Gasteiger partial charge is 0.243 e. The minimum Gasteiger partial charge on any atom is -0.381 e. The minimum absolute atomic E-state index is 0.0689. The van der Waals surface area contributed by atoms with Crippen LogP contribution >= 0.6 is 0 Å². The molecule has 0 spiro atoms. The normalized spacial score (nSPS) is 19.9. The van der Waals surface area contributed by atoms with Gasteiger partial charge in [0.05, 0.1) is 22.4 Å². The van der Waals surface area contributed by atoms with Crippen molar-refractivity contribution in [2.45, 2.75) is 36.1 Å². The van der Waals surface area contributed by atoms with Crippen LogP contribution in [0.2, 0.25) is 0 Å². The number of likely N-dealkylation sites (N-methyl/N-ethyl adjacent to an activating group) is 1. The zero-order valence-corrected chi connectivity index (χ0v) is 21.5. The quantitative estimate of drug-likeness (QED) is 0.580. The lowest BCUT2D eigenvalue weighted by atomic mass is 9.81. The summed E-state index contributed by atoms with van der Waals surface area (Å²) in [6.07, 6.45) is 1.59. The Kier molecular flexibility index (Phi) is 8.23. The molecule has 2 aromatic carbocycles. The van der Waals surface area contributed by atoms with Crippen LogP contribution < -0.4 is 5.73 Å². The molecule has 2 N–H and O–H groups in total. The summed E-state index contributed by atoms with van der Waals surface area (Å²) in [4.78, 5) is 15.2. The molecule has 0 radical (unpaired) electrons. The molecule has 2 saturated heterocycles. The van der Waals surface area contributed by atoms with E-state index in [4.69, 9.17) is 10.5 Å². The Morgan fingerprint density at radius 2 is 1.58 bits per heavy atom. The number of carbonyl (C=O) groups excluding carboxylic acids is 1. The van der Waals surface area contributed by atoms with Crippen LogP contribution in [-0.4, -0.2) is 75.4 Å². The SMILES string of the molecule is CN1CCN(S(=O)(=O)c2ccc(-c3ccc(C[C@@H](C#N)CC(=O)C4(N)CCOCC4)cc3)cc2)CC1. The van der Waals surface area contributed by atoms with E-state index < -0.39 is 21.5 Å². The van der Waals surface area contributed by atoms with Gasteiger partial charge in [-0.2, -0.15) is 9.57 Å². The number of carbonyl (C=O) groups is 1. The Morgan fingerprint density at radius 3 is 2.14 bits per heavy atom. The van der Waals surface area contributed by atoms with Crippen molar-refractivity contribution in [3.05, 3.63) is 54.1 Å². The average molecular weight is 511 g/mol. The summed E-state index contributed by atoms with van der Waals surface area (Å²) in [5.41, 5.74) is 8.23. The third-order valence-corrected chi connectivity index (χ3v) is 9.19. The Bertz CT molecular complexity index is 1190. The van der Waals surface area contributed by atoms with Gasteiger partial charge in [-0.05, 0) is 55.1 Å². The fourth-order valence-electron chi connectivity index (χ4n) is 4.72. The molecule has 0 amide bonds. The summed E-state index contributed by atoms with van der Waals surface area (Å²) in [7, 11) is -1.50. The van der Waals surface area contributed by atoms with Crippen LogP contribution in [0.15, 0.2) is 53.4 Å². The van der Waals surface area contributed by atoms with Gasteiger partial charge in [-0.25, -0.2) is 8.42 Å². The van der Waals surface area contributed by atoms with Crippen molar-refractivity contribution in [2.24, 2.45) is 11.7 Å². The van der Waals surface area contributed by atoms with E-state index in [9.17, 15) is 18.5 Å². The highest BCUT2D eigenvalue weighted by atomic mass is 32.2. The summed E-state index contributed by atoms with van der Waals surface area (Å²) in [5, 5.41) is 9.63. The second kappa shape index (κ2) is 11.2. The average Bonchev–Trinajstić information content (AvgIpc) is 2.89. The second-order valence-electron chi connectivity index (χ2n) is 9.85. The Hall–Kier alpha value is -2.61. The third-order valence-electron chi connectivity index (χ3n) is 7.28. The lowest BCUT2D eigenvalue weighted by Gasteiger charge is -2.32. The van der Waals surface area contributed by atoms with Crippen LogP contribution in [0.5, 0.6) is 0 Å². The number of nitrogens with two attached hydrogens (primary N) is 1. The summed E-state index contributed by atoms with van der Waals surface area (Å²) in [5.74, 6) is -0.508. The van der Waals surface area contributed by atoms with Crippen molar-refractivity contribution in [3.8, 4) is 17.2 Å². The number of rotatable bonds is 8. The lowest BCUT2D eigenvalue weighted by molar-refractivity contribution is -0.128. The van der Waals surface area contributed by atoms with Crippen molar-refractivity contribution in [3.63, 3.8) is 0 Å². The highest BCUT2D eigenvalue weighted by Gasteiger charge is 2.36. The fourth-order valence-corrected chi connectivity index (χ4v) is 6.14. The van der Waals surface area contributed by atoms with E-state index in [1.807, 2.05) is 43.4 Å². The summed E-state index contributed by atoms with van der Waals surface area (Å²) in [6.45, 7) is 3.41. The van der Waals surface area contributed by atoms with Crippen molar-refractivity contribution < 1.29 is 17.9 Å². The second-order valence-corrected chi connectivity index (χ2v) is 11.8. The van der Waals surface area contributed by atoms with Gasteiger partial charge in [-0.1, -0.05) is 36.4 Å². The fraction of sp³-hybridized carbons (Fsp3) is 0.481. The van der Waals surface area contributed by atoms with Crippen molar-refractivity contribution in [1.29, 1.82) is 5.26 Å². The van der Waals surface area contributed by atoms with Gasteiger partial charge in [-0.15, -0.1) is 0 Å². The molecule has 9 heteroatoms. The van der Waals surface area contributed by atoms with E-state index in [1.165, 1.54) is 0 Å². The molecular weight excluding hydrogens is 476 g/mol. The number of nitrogens with zero attached hydrogens (tertiary/aromatic N) is 3. The molecule has 2 aromatic rings. The molecule has 0 aromatic heterocycles. The highest BCUT2D eigenvalue weighted by Crippen LogP contribution is 2.26. The van der Waals surface area contributed by atoms with Gasteiger partial charge < -0.3 is 15.4 Å². The molecule has 36 heavy (non-hydrogen) atoms. The number of sulfonamides is 1. The topological polar surface area (TPSA) is 117 Å². The molecule has 8 nitrogen and oxygen atoms in total. The van der Waals surface area contributed by atoms with E-state index in [1.54, 1.807) is 16.4 Å². The maximum Gasteiger partial charge on any atom is 0.243 e. The standard InChI is InChI=1S/C27H34N4O4S/c1-30-12-14-31(15-13-30)36(33,34)25-8-6-24(7-9-25)23-4-2-21(3-5-23)18-22(20-28)19-26(32)27(29)10-16-35-17-11-27/h2-9,22H,10-19,29H2,1H3/t22-/m1/s1. The Balaban J connectivity index is 1.38. The highest BCUT2D eigenvalue weighted by molar-refractivity contribution is 7.89. The molecule has 1 atom stereocenters. The van der Waals surface area contributed by atoms with Gasteiger partial charge in [0.25, 0.3) is 0 Å². The van der Waals surface area contributed by atoms with Gasteiger partial charge in [0.1, 0.15) is 0 Å². The first-order valence-electron chi connectivity index (χ1n) is 12.4. The number of nitriles is 1. The largest absolute Gasteiger partial charge is 0.381 e. The molecule has 4 rings (SSSR count). The van der Waals surface area contributed by atoms with E-state index in [-0.39, 0.29) is 12.2 Å². The van der Waals surface area contributed by atoms with E-state index >= 15 is 0 Å². The Labute approximate surface area is 213 Å². The summed E-state index contributed by atoms with van der Waals surface area (Å²) >= 11 is 0. The molecule has 192 valence electrons. The molecular formula is C27H34N4O4S. The van der Waals surface area contributed by atoms with E-state index in [0.717, 1.165) is 29.8 Å². The first kappa shape index (κ1) is 26.5. The number of hydrogen-bond acceptors (Lipinski definition) is 7. The zero-order chi connectivity index (χ0) is 25.8. The Morgan fingerprint density at radius 1 is 1.03 bits per heavy atom. The molecule has 0 aliphatic carbocycles. The van der Waals surface area contributed by atoms with Crippen LogP contribution in [0.1, 0.15) is 24.8 Å². The van der Waals surface area contributed by atoms with Crippen LogP contribution in [-0.2, 0) is 26.0 Å². The van der Waals surface area contributed by atoms with Gasteiger partial charge in [0.15, 0.2) is 5.78 Å². The number of ketones is 1. The number of Topliss-reactive ketones (excluding diaryl/α,β-unsaturated/α-hetero) is 1. The number of ether oxygens (including phenoxy) is 1. The van der Waals surface area contributed by atoms with E-state index in [0.29, 0.717) is 50.5 Å². The van der Waals surface area contributed by atoms with Gasteiger partial charge in [0, 0.05) is 45.8 Å². The first-order valence-corrected chi connectivity index (χ1v) is 13.8. The molecule has 0 bridgehead atoms. The first-order chi connectivity index (χ1) is 17.2. The third kappa shape index (κ3) is 6.02. The molecule has 2 fully saturated rings. The van der Waals surface area contributed by atoms with Crippen molar-refractivity contribution in [1.82, 2.24) is 9.21 Å². The van der Waals surface area contributed by atoms with Crippen LogP contribution in [0.4, 0.5) is 0 Å². The molecule has 2 heterocycles. The lowest BCUT2D eigenvalue weighted by Crippen LogP contribution is -2.52. The van der Waals surface area contributed by atoms with Crippen LogP contribution in [0.25, 0.3) is 11.1 Å². The maximum atomic E-state index is 13.0. The molecule has 2 aliphatic heterocycles. The maximum absolute atomic E-state index is 13.0. The molecule has 2 aliphatic rings. The summed E-state index contributed by atoms with van der Waals surface area (Å²) in [6, 6.07) is 17.0. The number of benzene rings is 2. The van der Waals surface area contributed by atoms with Crippen molar-refractivity contribution >= 4 is 15.8 Å². The predicted octanol–water partition coefficient (Wildman–Crippen LogP) is 2.44. The van der Waals surface area contributed by atoms with Gasteiger partial charge >= 0.3 is 0 Å². The van der Waals surface area contributed by atoms with Gasteiger partial charge in [0.2, 0.25) is 10.0 Å². The van der Waals surface area contributed by atoms with Crippen LogP contribution in [0.3, 0.4) is 0 Å². The van der Waals surface area contributed by atoms with Gasteiger partial charge in [-0.3, -0.25) is 4.79 Å². The molecule has 0 saturated carbocycles. The monoisotopic (exact) mass is 510 g/mol. The van der Waals surface area contributed by atoms with Crippen LogP contribution in [0, 0.1) is 17.2 Å². The predicted molar refractivity (Wildman–Crippen MR) is 138 cm³/mol. The minimum atomic E-state index is -3.50. The zero-order valence-electron chi connectivity index (χ0n) is 20.7. The number of hydrogen-bond donors (Lipinski definition) is 1. The van der Waals surface area contributed by atoms with E-state index in [2.05, 4.69) is 11.0 Å². The molecule has 0 unspecified atom stereocenters.